The highest BCUT2D eigenvalue weighted by molar-refractivity contribution is 7.99. The quantitative estimate of drug-likeness (QED) is 0.503. The van der Waals surface area contributed by atoms with Gasteiger partial charge in [0.2, 0.25) is 0 Å². The fraction of sp³-hybridized carbons (Fsp3) is 0.385. The molecule has 8 heteroatoms. The summed E-state index contributed by atoms with van der Waals surface area (Å²) >= 11 is 1.88. The molecule has 1 saturated heterocycles. The lowest BCUT2D eigenvalue weighted by molar-refractivity contribution is 0.0645. The number of rotatable bonds is 6. The van der Waals surface area contributed by atoms with Crippen molar-refractivity contribution < 1.29 is 14.3 Å². The predicted octanol–water partition coefficient (Wildman–Crippen LogP) is 3.80. The molecule has 178 valence electrons. The van der Waals surface area contributed by atoms with Crippen molar-refractivity contribution in [2.24, 2.45) is 7.05 Å². The Morgan fingerprint density at radius 1 is 1.00 bits per heavy atom. The van der Waals surface area contributed by atoms with Crippen LogP contribution in [0.3, 0.4) is 0 Å². The molecule has 2 aromatic carbocycles. The largest absolute Gasteiger partial charge is 0.490 e. The topological polar surface area (TPSA) is 59.8 Å². The van der Waals surface area contributed by atoms with Gasteiger partial charge < -0.3 is 14.4 Å². The van der Waals surface area contributed by atoms with Gasteiger partial charge in [-0.1, -0.05) is 18.2 Å². The molecule has 2 aliphatic heterocycles. The van der Waals surface area contributed by atoms with Crippen LogP contribution in [0.1, 0.15) is 16.8 Å². The molecule has 34 heavy (non-hydrogen) atoms. The second-order valence-corrected chi connectivity index (χ2v) is 9.74. The molecule has 0 bridgehead atoms. The van der Waals surface area contributed by atoms with Crippen molar-refractivity contribution >= 4 is 17.7 Å². The van der Waals surface area contributed by atoms with E-state index in [0.29, 0.717) is 30.2 Å². The second-order valence-electron chi connectivity index (χ2n) is 8.57. The van der Waals surface area contributed by atoms with Gasteiger partial charge in [-0.3, -0.25) is 14.4 Å². The van der Waals surface area contributed by atoms with Crippen molar-refractivity contribution in [3.8, 4) is 22.8 Å². The maximum Gasteiger partial charge on any atom is 0.257 e. The molecule has 0 unspecified atom stereocenters. The minimum atomic E-state index is 0.0357. The lowest BCUT2D eigenvalue weighted by Gasteiger charge is -2.34. The van der Waals surface area contributed by atoms with Crippen LogP contribution in [0, 0.1) is 0 Å². The number of hydrogen-bond donors (Lipinski definition) is 0. The highest BCUT2D eigenvalue weighted by Crippen LogP contribution is 2.35. The summed E-state index contributed by atoms with van der Waals surface area (Å²) in [4.78, 5) is 19.1. The van der Waals surface area contributed by atoms with E-state index in [1.807, 2.05) is 54.2 Å². The van der Waals surface area contributed by atoms with Gasteiger partial charge in [0.25, 0.3) is 5.91 Å². The summed E-state index contributed by atoms with van der Waals surface area (Å²) in [6.07, 6.45) is 2.68. The van der Waals surface area contributed by atoms with Gasteiger partial charge in [0.05, 0.1) is 18.8 Å². The predicted molar refractivity (Wildman–Crippen MR) is 134 cm³/mol. The molecule has 5 rings (SSSR count). The summed E-state index contributed by atoms with van der Waals surface area (Å²) in [5, 5.41) is 4.61. The van der Waals surface area contributed by atoms with E-state index < -0.39 is 0 Å². The molecule has 0 aliphatic carbocycles. The molecule has 3 heterocycles. The number of ether oxygens (including phenoxy) is 2. The molecule has 0 spiro atoms. The summed E-state index contributed by atoms with van der Waals surface area (Å²) in [6, 6.07) is 16.3. The molecule has 0 saturated carbocycles. The van der Waals surface area contributed by atoms with Crippen LogP contribution in [-0.2, 0) is 7.05 Å². The first-order valence-electron chi connectivity index (χ1n) is 11.8. The number of nitrogens with zero attached hydrogens (tertiary/aromatic N) is 4. The highest BCUT2D eigenvalue weighted by Gasteiger charge is 2.26. The molecule has 0 atom stereocenters. The number of hydrogen-bond acceptors (Lipinski definition) is 6. The van der Waals surface area contributed by atoms with Crippen LogP contribution in [0.2, 0.25) is 0 Å². The van der Waals surface area contributed by atoms with E-state index in [1.54, 1.807) is 4.68 Å². The van der Waals surface area contributed by atoms with E-state index >= 15 is 0 Å². The van der Waals surface area contributed by atoms with Gasteiger partial charge in [-0.2, -0.15) is 5.10 Å². The van der Waals surface area contributed by atoms with Crippen LogP contribution in [0.25, 0.3) is 11.3 Å². The fourth-order valence-corrected chi connectivity index (χ4v) is 5.26. The number of amides is 1. The van der Waals surface area contributed by atoms with Crippen LogP contribution in [0.4, 0.5) is 0 Å². The van der Waals surface area contributed by atoms with Gasteiger partial charge in [0, 0.05) is 68.6 Å². The zero-order chi connectivity index (χ0) is 23.3. The molecular weight excluding hydrogens is 448 g/mol. The normalized spacial score (nSPS) is 16.3. The number of carbonyl (C=O) groups excluding carboxylic acids is 1. The Bertz CT molecular complexity index is 1130. The van der Waals surface area contributed by atoms with Gasteiger partial charge in [0.1, 0.15) is 5.69 Å². The summed E-state index contributed by atoms with van der Waals surface area (Å²) < 4.78 is 13.3. The van der Waals surface area contributed by atoms with Gasteiger partial charge in [0.15, 0.2) is 11.5 Å². The number of aryl methyl sites for hydroxylation is 1. The average molecular weight is 479 g/mol. The molecule has 3 aromatic rings. The van der Waals surface area contributed by atoms with Crippen LogP contribution in [0.5, 0.6) is 11.5 Å². The monoisotopic (exact) mass is 478 g/mol. The van der Waals surface area contributed by atoms with Gasteiger partial charge >= 0.3 is 0 Å². The second kappa shape index (κ2) is 10.5. The minimum absolute atomic E-state index is 0.0357. The van der Waals surface area contributed by atoms with Crippen LogP contribution >= 0.6 is 11.8 Å². The summed E-state index contributed by atoms with van der Waals surface area (Å²) in [7, 11) is 1.85. The first-order valence-corrected chi connectivity index (χ1v) is 12.8. The Labute approximate surface area is 204 Å². The first kappa shape index (κ1) is 22.8. The molecular formula is C26H30N4O3S. The third-order valence-electron chi connectivity index (χ3n) is 6.16. The van der Waals surface area contributed by atoms with E-state index in [0.717, 1.165) is 56.2 Å². The van der Waals surface area contributed by atoms with E-state index in [2.05, 4.69) is 34.3 Å². The van der Waals surface area contributed by atoms with E-state index in [4.69, 9.17) is 9.47 Å². The zero-order valence-corrected chi connectivity index (χ0v) is 20.3. The SMILES string of the molecule is Cn1cc(C(=O)N2CCN(CCSc3ccccc3)CC2)c(-c2ccc3c(c2)OCCCO3)n1. The third kappa shape index (κ3) is 5.23. The number of piperazine rings is 1. The van der Waals surface area contributed by atoms with Crippen LogP contribution in [0.15, 0.2) is 59.6 Å². The maximum atomic E-state index is 13.5. The van der Waals surface area contributed by atoms with Crippen LogP contribution in [-0.4, -0.2) is 77.2 Å². The fourth-order valence-electron chi connectivity index (χ4n) is 4.32. The molecule has 7 nitrogen and oxygen atoms in total. The van der Waals surface area contributed by atoms with E-state index in [9.17, 15) is 4.79 Å². The summed E-state index contributed by atoms with van der Waals surface area (Å²) in [6.45, 7) is 5.53. The minimum Gasteiger partial charge on any atom is -0.490 e. The van der Waals surface area contributed by atoms with Crippen LogP contribution < -0.4 is 9.47 Å². The number of aromatic nitrogens is 2. The third-order valence-corrected chi connectivity index (χ3v) is 7.15. The Morgan fingerprint density at radius 3 is 2.56 bits per heavy atom. The summed E-state index contributed by atoms with van der Waals surface area (Å²) in [5.41, 5.74) is 2.18. The Hall–Kier alpha value is -2.97. The first-order chi connectivity index (χ1) is 16.7. The van der Waals surface area contributed by atoms with Gasteiger partial charge in [-0.05, 0) is 30.3 Å². The van der Waals surface area contributed by atoms with Crippen molar-refractivity contribution in [3.05, 3.63) is 60.3 Å². The Morgan fingerprint density at radius 2 is 1.76 bits per heavy atom. The lowest BCUT2D eigenvalue weighted by atomic mass is 10.1. The number of thioether (sulfide) groups is 1. The molecule has 1 aromatic heterocycles. The zero-order valence-electron chi connectivity index (χ0n) is 19.5. The van der Waals surface area contributed by atoms with Crippen molar-refractivity contribution in [1.29, 1.82) is 0 Å². The highest BCUT2D eigenvalue weighted by atomic mass is 32.2. The molecule has 1 amide bonds. The van der Waals surface area contributed by atoms with E-state index in [-0.39, 0.29) is 5.91 Å². The molecule has 2 aliphatic rings. The van der Waals surface area contributed by atoms with Gasteiger partial charge in [-0.25, -0.2) is 0 Å². The van der Waals surface area contributed by atoms with Crippen molar-refractivity contribution in [2.75, 3.05) is 51.7 Å². The standard InChI is InChI=1S/C26H30N4O3S/c1-28-19-22(25(27-28)20-8-9-23-24(18-20)33-16-5-15-32-23)26(31)30-12-10-29(11-13-30)14-17-34-21-6-3-2-4-7-21/h2-4,6-9,18-19H,5,10-17H2,1H3. The number of fused-ring (bicyclic) bond motifs is 1. The lowest BCUT2D eigenvalue weighted by Crippen LogP contribution is -2.49. The average Bonchev–Trinajstić information content (AvgIpc) is 3.11. The Balaban J connectivity index is 1.22. The molecule has 0 radical (unpaired) electrons. The van der Waals surface area contributed by atoms with Crippen molar-refractivity contribution in [1.82, 2.24) is 19.6 Å². The van der Waals surface area contributed by atoms with Gasteiger partial charge in [-0.15, -0.1) is 11.8 Å². The van der Waals surface area contributed by atoms with Crippen molar-refractivity contribution in [2.45, 2.75) is 11.3 Å². The summed E-state index contributed by atoms with van der Waals surface area (Å²) in [5.74, 6) is 2.54. The van der Waals surface area contributed by atoms with E-state index in [1.165, 1.54) is 4.90 Å². The molecule has 0 N–H and O–H groups in total. The maximum absolute atomic E-state index is 13.5. The number of benzene rings is 2. The Kier molecular flexibility index (Phi) is 7.06. The molecule has 1 fully saturated rings. The van der Waals surface area contributed by atoms with Crippen molar-refractivity contribution in [3.63, 3.8) is 0 Å². The number of carbonyl (C=O) groups is 1. The smallest absolute Gasteiger partial charge is 0.257 e.